The molecule has 1 aliphatic carbocycles. The Hall–Kier alpha value is 1.17. The molecule has 1 rings (SSSR count). The molecule has 1 saturated carbocycles. The summed E-state index contributed by atoms with van der Waals surface area (Å²) in [5, 5.41) is 0. The van der Waals surface area contributed by atoms with E-state index in [-0.39, 0.29) is 48.5 Å². The van der Waals surface area contributed by atoms with Gasteiger partial charge in [0.05, 0.1) is 0 Å². The van der Waals surface area contributed by atoms with Crippen molar-refractivity contribution in [1.29, 1.82) is 0 Å². The summed E-state index contributed by atoms with van der Waals surface area (Å²) in [5.74, 6) is 1.95. The van der Waals surface area contributed by atoms with Crippen LogP contribution in [-0.2, 0) is 32.7 Å². The first kappa shape index (κ1) is 30.9. The summed E-state index contributed by atoms with van der Waals surface area (Å²) in [4.78, 5) is 0. The van der Waals surface area contributed by atoms with Crippen LogP contribution in [0.1, 0.15) is 73.6 Å². The van der Waals surface area contributed by atoms with E-state index in [0.717, 1.165) is 11.8 Å². The summed E-state index contributed by atoms with van der Waals surface area (Å²) < 4.78 is 0. The molecule has 0 aromatic rings. The molecule has 0 atom stereocenters. The minimum atomic E-state index is 0. The molecule has 1 fully saturated rings. The number of hydrogen-bond donors (Lipinski definition) is 0. The monoisotopic (exact) mass is 314 g/mol. The van der Waals surface area contributed by atoms with Crippen molar-refractivity contribution in [2.24, 2.45) is 11.8 Å². The van der Waals surface area contributed by atoms with Gasteiger partial charge in [0.25, 0.3) is 0 Å². The molecule has 0 N–H and O–H groups in total. The van der Waals surface area contributed by atoms with Gasteiger partial charge >= 0.3 is 0 Å². The molecule has 102 valence electrons. The van der Waals surface area contributed by atoms with Crippen molar-refractivity contribution >= 4 is 8.41 Å². The molecule has 0 bridgehead atoms. The van der Waals surface area contributed by atoms with Crippen LogP contribution in [0.3, 0.4) is 0 Å². The minimum absolute atomic E-state index is 0. The number of hydrogen-bond acceptors (Lipinski definition) is 0. The molecule has 0 spiro atoms. The van der Waals surface area contributed by atoms with Gasteiger partial charge in [-0.25, -0.2) is 0 Å². The maximum Gasteiger partial charge on any atom is 0 e. The van der Waals surface area contributed by atoms with E-state index in [1.807, 2.05) is 27.7 Å². The average molecular weight is 314 g/mol. The maximum atomic E-state index is 2.44. The van der Waals surface area contributed by atoms with Gasteiger partial charge in [-0.3, -0.25) is 0 Å². The first-order valence-electron chi connectivity index (χ1n) is 6.60. The van der Waals surface area contributed by atoms with Crippen LogP contribution in [0, 0.1) is 25.7 Å². The Morgan fingerprint density at radius 2 is 1.35 bits per heavy atom. The summed E-state index contributed by atoms with van der Waals surface area (Å²) in [5.41, 5.74) is 0. The Kier molecular flexibility index (Phi) is 47.0. The Bertz CT molecular complexity index is 88.9. The van der Waals surface area contributed by atoms with Crippen molar-refractivity contribution in [3.63, 3.8) is 0 Å². The van der Waals surface area contributed by atoms with Crippen LogP contribution in [0.5, 0.6) is 0 Å². The maximum absolute atomic E-state index is 2.44. The third-order valence-electron chi connectivity index (χ3n) is 2.36. The molecule has 0 unspecified atom stereocenters. The molecule has 4 radical (unpaired) electrons. The fourth-order valence-electron chi connectivity index (χ4n) is 1.90. The molecule has 0 amide bonds. The minimum Gasteiger partial charge on any atom is -0.358 e. The largest absolute Gasteiger partial charge is 0.358 e. The van der Waals surface area contributed by atoms with E-state index in [1.54, 1.807) is 0 Å². The quantitative estimate of drug-likeness (QED) is 0.463. The van der Waals surface area contributed by atoms with E-state index in [0.29, 0.717) is 0 Å². The molecule has 0 nitrogen and oxygen atoms in total. The molecule has 17 heavy (non-hydrogen) atoms. The van der Waals surface area contributed by atoms with Crippen molar-refractivity contribution in [2.75, 3.05) is 0 Å². The Morgan fingerprint density at radius 3 is 1.65 bits per heavy atom. The summed E-state index contributed by atoms with van der Waals surface area (Å²) in [6, 6.07) is 0. The molecule has 1 aliphatic rings. The van der Waals surface area contributed by atoms with E-state index >= 15 is 0 Å². The third kappa shape index (κ3) is 22.8. The zero-order valence-corrected chi connectivity index (χ0v) is 16.3. The van der Waals surface area contributed by atoms with E-state index in [9.17, 15) is 0 Å². The van der Waals surface area contributed by atoms with Crippen LogP contribution in [0.4, 0.5) is 0 Å². The Morgan fingerprint density at radius 1 is 1.00 bits per heavy atom. The van der Waals surface area contributed by atoms with Gasteiger partial charge in [-0.1, -0.05) is 54.4 Å². The first-order chi connectivity index (χ1) is 6.79. The molecule has 0 heterocycles. The fraction of sp³-hybridized carbons (Fsp3) is 0.867. The van der Waals surface area contributed by atoms with Crippen molar-refractivity contribution in [2.45, 2.75) is 73.6 Å². The fourth-order valence-corrected chi connectivity index (χ4v) is 1.90. The van der Waals surface area contributed by atoms with E-state index in [4.69, 9.17) is 0 Å². The van der Waals surface area contributed by atoms with Crippen molar-refractivity contribution in [3.05, 3.63) is 13.8 Å². The second-order valence-corrected chi connectivity index (χ2v) is 3.94. The van der Waals surface area contributed by atoms with E-state index in [2.05, 4.69) is 20.3 Å². The molecular weight excluding hydrogens is 280 g/mol. The standard InChI is InChI=1S/C10H19.2C2H6.CH3.B.Y/c1-9(2)8-10-6-4-3-5-7-10;2*1-2;;;/h3,9-10H,4-8H2,1-2H3;2*1-2H3;1H3;;/q-1;;;-1;;. The van der Waals surface area contributed by atoms with Crippen LogP contribution >= 0.6 is 0 Å². The van der Waals surface area contributed by atoms with Gasteiger partial charge in [0, 0.05) is 41.1 Å². The SMILES string of the molecule is CC.CC.CC(C)CC1CC[CH-]CC1.[B].[CH3-].[Y]. The van der Waals surface area contributed by atoms with Gasteiger partial charge in [0.1, 0.15) is 0 Å². The predicted molar refractivity (Wildman–Crippen MR) is 80.6 cm³/mol. The topological polar surface area (TPSA) is 0 Å². The van der Waals surface area contributed by atoms with Crippen molar-refractivity contribution in [3.8, 4) is 0 Å². The van der Waals surface area contributed by atoms with Crippen molar-refractivity contribution in [1.82, 2.24) is 0 Å². The van der Waals surface area contributed by atoms with Gasteiger partial charge in [-0.15, -0.1) is 0 Å². The smallest absolute Gasteiger partial charge is 0 e. The van der Waals surface area contributed by atoms with Gasteiger partial charge in [-0.2, -0.15) is 12.8 Å². The first-order valence-corrected chi connectivity index (χ1v) is 6.60. The van der Waals surface area contributed by atoms with Gasteiger partial charge in [-0.05, 0) is 18.3 Å². The van der Waals surface area contributed by atoms with Gasteiger partial charge in [0.2, 0.25) is 0 Å². The van der Waals surface area contributed by atoms with Gasteiger partial charge in [0.15, 0.2) is 0 Å². The van der Waals surface area contributed by atoms with Crippen LogP contribution < -0.4 is 0 Å². The Labute approximate surface area is 140 Å². The summed E-state index contributed by atoms with van der Waals surface area (Å²) in [7, 11) is 0. The van der Waals surface area contributed by atoms with E-state index < -0.39 is 0 Å². The normalized spacial score (nSPS) is 13.6. The molecule has 0 saturated heterocycles. The predicted octanol–water partition coefficient (Wildman–Crippen LogP) is 5.55. The van der Waals surface area contributed by atoms with Gasteiger partial charge < -0.3 is 13.8 Å². The second kappa shape index (κ2) is 25.9. The van der Waals surface area contributed by atoms with Crippen LogP contribution in [0.25, 0.3) is 0 Å². The summed E-state index contributed by atoms with van der Waals surface area (Å²) in [6.45, 7) is 12.7. The van der Waals surface area contributed by atoms with Crippen LogP contribution in [0.15, 0.2) is 0 Å². The molecule has 0 aromatic heterocycles. The Balaban J connectivity index is -0.0000000625. The molecule has 2 heteroatoms. The van der Waals surface area contributed by atoms with Crippen LogP contribution in [-0.4, -0.2) is 8.41 Å². The average Bonchev–Trinajstić information content (AvgIpc) is 2.24. The zero-order valence-electron chi connectivity index (χ0n) is 13.4. The second-order valence-electron chi connectivity index (χ2n) is 3.94. The van der Waals surface area contributed by atoms with Crippen LogP contribution in [0.2, 0.25) is 0 Å². The summed E-state index contributed by atoms with van der Waals surface area (Å²) >= 11 is 0. The third-order valence-corrected chi connectivity index (χ3v) is 2.36. The summed E-state index contributed by atoms with van der Waals surface area (Å²) in [6.07, 6.45) is 9.55. The zero-order chi connectivity index (χ0) is 11.4. The van der Waals surface area contributed by atoms with E-state index in [1.165, 1.54) is 32.1 Å². The number of rotatable bonds is 2. The molecular formula is C15H34BY-2. The molecule has 0 aliphatic heterocycles. The van der Waals surface area contributed by atoms with Crippen molar-refractivity contribution < 1.29 is 32.7 Å². The molecule has 0 aromatic carbocycles.